The van der Waals surface area contributed by atoms with E-state index in [-0.39, 0.29) is 35.5 Å². The molecule has 5 rings (SSSR count). The van der Waals surface area contributed by atoms with E-state index in [0.717, 1.165) is 22.7 Å². The standard InChI is InChI=1S/C24H24N4O5/c1-13-22(14(2)28(26-13)17-6-4-3-5-7-17)25-18(29)12-33-19(30)11-27-23(31)20-15-8-9-16(10-15)21(20)24(27)32/h3-9,15-16,20-21H,10-12H2,1-2H3,(H,25,29). The number of nitrogens with one attached hydrogen (secondary N) is 1. The lowest BCUT2D eigenvalue weighted by atomic mass is 9.85. The van der Waals surface area contributed by atoms with E-state index in [9.17, 15) is 19.2 Å². The third-order valence-corrected chi connectivity index (χ3v) is 6.77. The number of fused-ring (bicyclic) bond motifs is 5. The first kappa shape index (κ1) is 21.1. The molecule has 4 unspecified atom stereocenters. The van der Waals surface area contributed by atoms with Crippen LogP contribution in [0.15, 0.2) is 42.5 Å². The highest BCUT2D eigenvalue weighted by Gasteiger charge is 2.59. The van der Waals surface area contributed by atoms with Crippen LogP contribution in [-0.2, 0) is 23.9 Å². The van der Waals surface area contributed by atoms with Crippen LogP contribution in [0.5, 0.6) is 0 Å². The third kappa shape index (κ3) is 3.53. The van der Waals surface area contributed by atoms with Gasteiger partial charge in [0.1, 0.15) is 6.54 Å². The van der Waals surface area contributed by atoms with E-state index in [2.05, 4.69) is 10.4 Å². The van der Waals surface area contributed by atoms with Crippen molar-refractivity contribution in [3.8, 4) is 5.69 Å². The minimum absolute atomic E-state index is 0.0755. The molecule has 3 amide bonds. The van der Waals surface area contributed by atoms with E-state index in [1.54, 1.807) is 11.6 Å². The quantitative estimate of drug-likeness (QED) is 0.410. The zero-order valence-corrected chi connectivity index (χ0v) is 18.4. The van der Waals surface area contributed by atoms with Gasteiger partial charge in [-0.05, 0) is 44.2 Å². The van der Waals surface area contributed by atoms with Crippen molar-refractivity contribution in [1.82, 2.24) is 14.7 Å². The van der Waals surface area contributed by atoms with Crippen LogP contribution in [-0.4, -0.2) is 51.5 Å². The topological polar surface area (TPSA) is 111 Å². The fourth-order valence-electron chi connectivity index (χ4n) is 5.26. The Balaban J connectivity index is 1.17. The molecule has 3 aliphatic rings. The third-order valence-electron chi connectivity index (χ3n) is 6.77. The summed E-state index contributed by atoms with van der Waals surface area (Å²) in [6, 6.07) is 9.51. The molecule has 33 heavy (non-hydrogen) atoms. The zero-order chi connectivity index (χ0) is 23.3. The van der Waals surface area contributed by atoms with Gasteiger partial charge in [0, 0.05) is 0 Å². The van der Waals surface area contributed by atoms with Crippen molar-refractivity contribution in [2.24, 2.45) is 23.7 Å². The van der Waals surface area contributed by atoms with Gasteiger partial charge >= 0.3 is 5.97 Å². The number of aryl methyl sites for hydroxylation is 1. The van der Waals surface area contributed by atoms with Crippen molar-refractivity contribution in [3.63, 3.8) is 0 Å². The number of esters is 1. The van der Waals surface area contributed by atoms with Gasteiger partial charge in [0.2, 0.25) is 11.8 Å². The summed E-state index contributed by atoms with van der Waals surface area (Å²) in [7, 11) is 0. The maximum absolute atomic E-state index is 12.7. The number of likely N-dealkylation sites (tertiary alicyclic amines) is 1. The Morgan fingerprint density at radius 3 is 2.33 bits per heavy atom. The molecule has 2 heterocycles. The van der Waals surface area contributed by atoms with Crippen molar-refractivity contribution in [1.29, 1.82) is 0 Å². The van der Waals surface area contributed by atoms with E-state index < -0.39 is 25.0 Å². The van der Waals surface area contributed by atoms with Gasteiger partial charge in [0.25, 0.3) is 5.91 Å². The van der Waals surface area contributed by atoms with Gasteiger partial charge in [-0.1, -0.05) is 30.4 Å². The number of carbonyl (C=O) groups is 4. The second-order valence-electron chi connectivity index (χ2n) is 8.76. The van der Waals surface area contributed by atoms with E-state index in [1.807, 2.05) is 49.4 Å². The molecule has 1 aromatic carbocycles. The fourth-order valence-corrected chi connectivity index (χ4v) is 5.26. The fraction of sp³-hybridized carbons (Fsp3) is 0.375. The van der Waals surface area contributed by atoms with E-state index in [0.29, 0.717) is 11.4 Å². The molecule has 2 fully saturated rings. The van der Waals surface area contributed by atoms with Crippen LogP contribution >= 0.6 is 0 Å². The Morgan fingerprint density at radius 2 is 1.70 bits per heavy atom. The number of benzene rings is 1. The molecule has 4 atom stereocenters. The van der Waals surface area contributed by atoms with Gasteiger partial charge in [-0.25, -0.2) is 4.68 Å². The molecular weight excluding hydrogens is 424 g/mol. The monoisotopic (exact) mass is 448 g/mol. The van der Waals surface area contributed by atoms with Crippen LogP contribution in [0.2, 0.25) is 0 Å². The number of imide groups is 1. The van der Waals surface area contributed by atoms with Crippen LogP contribution in [0.4, 0.5) is 5.69 Å². The molecule has 1 saturated heterocycles. The summed E-state index contributed by atoms with van der Waals surface area (Å²) >= 11 is 0. The summed E-state index contributed by atoms with van der Waals surface area (Å²) in [5, 5.41) is 7.20. The summed E-state index contributed by atoms with van der Waals surface area (Å²) in [4.78, 5) is 51.0. The van der Waals surface area contributed by atoms with Crippen LogP contribution in [0.1, 0.15) is 17.8 Å². The molecular formula is C24H24N4O5. The summed E-state index contributed by atoms with van der Waals surface area (Å²) in [6.07, 6.45) is 4.81. The second-order valence-corrected chi connectivity index (χ2v) is 8.76. The Hall–Kier alpha value is -3.75. The lowest BCUT2D eigenvalue weighted by Gasteiger charge is -2.16. The van der Waals surface area contributed by atoms with Gasteiger partial charge in [-0.2, -0.15) is 5.10 Å². The SMILES string of the molecule is Cc1nn(-c2ccccc2)c(C)c1NC(=O)COC(=O)CN1C(=O)C2C3C=CC(C3)C2C1=O. The largest absolute Gasteiger partial charge is 0.454 e. The number of allylic oxidation sites excluding steroid dienone is 2. The van der Waals surface area contributed by atoms with Crippen molar-refractivity contribution in [2.75, 3.05) is 18.5 Å². The number of anilines is 1. The molecule has 2 aliphatic carbocycles. The minimum atomic E-state index is -0.791. The molecule has 1 N–H and O–H groups in total. The summed E-state index contributed by atoms with van der Waals surface area (Å²) in [5.74, 6) is -2.53. The molecule has 2 aromatic rings. The number of hydrogen-bond donors (Lipinski definition) is 1. The van der Waals surface area contributed by atoms with Gasteiger partial charge in [-0.3, -0.25) is 24.1 Å². The molecule has 2 bridgehead atoms. The molecule has 170 valence electrons. The molecule has 1 saturated carbocycles. The van der Waals surface area contributed by atoms with Crippen molar-refractivity contribution in [2.45, 2.75) is 20.3 Å². The zero-order valence-electron chi connectivity index (χ0n) is 18.4. The van der Waals surface area contributed by atoms with E-state index >= 15 is 0 Å². The van der Waals surface area contributed by atoms with Crippen LogP contribution in [0.25, 0.3) is 5.69 Å². The summed E-state index contributed by atoms with van der Waals surface area (Å²) in [6.45, 7) is 2.61. The predicted octanol–water partition coefficient (Wildman–Crippen LogP) is 1.78. The van der Waals surface area contributed by atoms with E-state index in [4.69, 9.17) is 4.74 Å². The highest BCUT2D eigenvalue weighted by molar-refractivity contribution is 6.08. The first-order chi connectivity index (χ1) is 15.8. The molecule has 1 aromatic heterocycles. The number of para-hydroxylation sites is 1. The Morgan fingerprint density at radius 1 is 1.06 bits per heavy atom. The van der Waals surface area contributed by atoms with Crippen LogP contribution in [0.3, 0.4) is 0 Å². The minimum Gasteiger partial charge on any atom is -0.454 e. The average molecular weight is 448 g/mol. The average Bonchev–Trinajstić information content (AvgIpc) is 3.55. The predicted molar refractivity (Wildman–Crippen MR) is 117 cm³/mol. The molecule has 0 spiro atoms. The van der Waals surface area contributed by atoms with Gasteiger partial charge in [-0.15, -0.1) is 0 Å². The second kappa shape index (κ2) is 7.99. The molecule has 9 heteroatoms. The molecule has 1 aliphatic heterocycles. The number of carbonyl (C=O) groups excluding carboxylic acids is 4. The number of aromatic nitrogens is 2. The maximum Gasteiger partial charge on any atom is 0.326 e. The van der Waals surface area contributed by atoms with Crippen LogP contribution < -0.4 is 5.32 Å². The first-order valence-corrected chi connectivity index (χ1v) is 11.0. The van der Waals surface area contributed by atoms with Crippen molar-refractivity contribution < 1.29 is 23.9 Å². The Bertz CT molecular complexity index is 1150. The smallest absolute Gasteiger partial charge is 0.326 e. The summed E-state index contributed by atoms with van der Waals surface area (Å²) in [5.41, 5.74) is 2.76. The van der Waals surface area contributed by atoms with Gasteiger partial charge in [0.05, 0.1) is 34.6 Å². The van der Waals surface area contributed by atoms with Crippen molar-refractivity contribution >= 4 is 29.4 Å². The molecule has 0 radical (unpaired) electrons. The van der Waals surface area contributed by atoms with Crippen LogP contribution in [0, 0.1) is 37.5 Å². The normalized spacial score (nSPS) is 25.0. The van der Waals surface area contributed by atoms with Crippen molar-refractivity contribution in [3.05, 3.63) is 53.9 Å². The lowest BCUT2D eigenvalue weighted by molar-refractivity contribution is -0.154. The number of rotatable bonds is 6. The highest BCUT2D eigenvalue weighted by atomic mass is 16.5. The highest BCUT2D eigenvalue weighted by Crippen LogP contribution is 2.52. The molecule has 9 nitrogen and oxygen atoms in total. The summed E-state index contributed by atoms with van der Waals surface area (Å²) < 4.78 is 6.78. The number of ether oxygens (including phenoxy) is 1. The van der Waals surface area contributed by atoms with E-state index in [1.165, 1.54) is 0 Å². The number of amides is 3. The maximum atomic E-state index is 12.7. The van der Waals surface area contributed by atoms with Gasteiger partial charge < -0.3 is 10.1 Å². The lowest BCUT2D eigenvalue weighted by Crippen LogP contribution is -2.38. The Kier molecular flexibility index (Phi) is 5.11. The number of nitrogens with zero attached hydrogens (tertiary/aromatic N) is 3. The first-order valence-electron chi connectivity index (χ1n) is 11.0. The number of hydrogen-bond acceptors (Lipinski definition) is 6. The van der Waals surface area contributed by atoms with Gasteiger partial charge in [0.15, 0.2) is 6.61 Å². The Labute approximate surface area is 190 Å².